The molecule has 0 radical (unpaired) electrons. The fourth-order valence-electron chi connectivity index (χ4n) is 1.53. The highest BCUT2D eigenvalue weighted by atomic mass is 16.5. The van der Waals surface area contributed by atoms with E-state index in [4.69, 9.17) is 10.5 Å². The Kier molecular flexibility index (Phi) is 9.30. The average Bonchev–Trinajstić information content (AvgIpc) is 2.23. The summed E-state index contributed by atoms with van der Waals surface area (Å²) in [6.45, 7) is 6.64. The van der Waals surface area contributed by atoms with Crippen LogP contribution < -0.4 is 5.73 Å². The second-order valence-electron chi connectivity index (χ2n) is 4.68. The first-order chi connectivity index (χ1) is 7.57. The van der Waals surface area contributed by atoms with Crippen molar-refractivity contribution >= 4 is 5.97 Å². The van der Waals surface area contributed by atoms with Crippen LogP contribution in [-0.4, -0.2) is 18.6 Å². The van der Waals surface area contributed by atoms with Gasteiger partial charge in [-0.15, -0.1) is 0 Å². The molecule has 0 saturated heterocycles. The van der Waals surface area contributed by atoms with Crippen LogP contribution in [0.5, 0.6) is 0 Å². The van der Waals surface area contributed by atoms with Crippen LogP contribution >= 0.6 is 0 Å². The van der Waals surface area contributed by atoms with Crippen molar-refractivity contribution in [1.82, 2.24) is 0 Å². The first-order valence-corrected chi connectivity index (χ1v) is 6.50. The molecule has 0 spiro atoms. The van der Waals surface area contributed by atoms with Crippen molar-refractivity contribution in [1.29, 1.82) is 0 Å². The molecule has 0 rings (SSSR count). The lowest BCUT2D eigenvalue weighted by atomic mass is 10.0. The summed E-state index contributed by atoms with van der Waals surface area (Å²) < 4.78 is 5.19. The summed E-state index contributed by atoms with van der Waals surface area (Å²) in [4.78, 5) is 11.5. The Morgan fingerprint density at radius 1 is 1.19 bits per heavy atom. The predicted molar refractivity (Wildman–Crippen MR) is 67.1 cm³/mol. The molecule has 0 saturated carbocycles. The average molecular weight is 229 g/mol. The Balaban J connectivity index is 3.49. The minimum atomic E-state index is -0.0548. The zero-order valence-electron chi connectivity index (χ0n) is 11.0. The lowest BCUT2D eigenvalue weighted by Gasteiger charge is -2.12. The van der Waals surface area contributed by atoms with E-state index in [0.717, 1.165) is 38.5 Å². The molecular formula is C13H27NO2. The van der Waals surface area contributed by atoms with Crippen LogP contribution in [0.25, 0.3) is 0 Å². The molecule has 0 aliphatic carbocycles. The van der Waals surface area contributed by atoms with Gasteiger partial charge >= 0.3 is 5.97 Å². The third-order valence-electron chi connectivity index (χ3n) is 2.69. The second kappa shape index (κ2) is 9.64. The minimum Gasteiger partial charge on any atom is -0.465 e. The Morgan fingerprint density at radius 2 is 1.88 bits per heavy atom. The van der Waals surface area contributed by atoms with Crippen molar-refractivity contribution in [2.75, 3.05) is 6.61 Å². The number of carbonyl (C=O) groups excluding carboxylic acids is 1. The van der Waals surface area contributed by atoms with Crippen LogP contribution in [0.15, 0.2) is 0 Å². The normalized spacial score (nSPS) is 14.5. The van der Waals surface area contributed by atoms with Crippen molar-refractivity contribution < 1.29 is 9.53 Å². The number of esters is 1. The first-order valence-electron chi connectivity index (χ1n) is 6.50. The maximum absolute atomic E-state index is 11.5. The van der Waals surface area contributed by atoms with E-state index < -0.39 is 0 Å². The molecule has 0 amide bonds. The molecule has 0 fully saturated rings. The van der Waals surface area contributed by atoms with E-state index in [-0.39, 0.29) is 17.9 Å². The fraction of sp³-hybridized carbons (Fsp3) is 0.923. The van der Waals surface area contributed by atoms with Gasteiger partial charge in [-0.25, -0.2) is 0 Å². The van der Waals surface area contributed by atoms with Crippen LogP contribution in [0.2, 0.25) is 0 Å². The highest BCUT2D eigenvalue weighted by molar-refractivity contribution is 5.71. The minimum absolute atomic E-state index is 0.0142. The zero-order chi connectivity index (χ0) is 12.4. The van der Waals surface area contributed by atoms with Crippen LogP contribution in [-0.2, 0) is 9.53 Å². The number of hydrogen-bond acceptors (Lipinski definition) is 3. The standard InChI is InChI=1S/C13H27NO2/c1-4-5-6-10-16-13(15)11(2)8-7-9-12(3)14/h11-12H,4-10,14H2,1-3H3. The molecule has 0 aromatic rings. The molecule has 0 aliphatic rings. The molecular weight excluding hydrogens is 202 g/mol. The predicted octanol–water partition coefficient (Wildman–Crippen LogP) is 2.87. The number of hydrogen-bond donors (Lipinski definition) is 1. The van der Waals surface area contributed by atoms with E-state index in [2.05, 4.69) is 6.92 Å². The van der Waals surface area contributed by atoms with Crippen LogP contribution in [0, 0.1) is 5.92 Å². The molecule has 0 bridgehead atoms. The van der Waals surface area contributed by atoms with Gasteiger partial charge in [0.05, 0.1) is 12.5 Å². The van der Waals surface area contributed by atoms with Gasteiger partial charge in [0.2, 0.25) is 0 Å². The van der Waals surface area contributed by atoms with Gasteiger partial charge in [0.1, 0.15) is 0 Å². The maximum atomic E-state index is 11.5. The molecule has 96 valence electrons. The lowest BCUT2D eigenvalue weighted by Crippen LogP contribution is -2.18. The summed E-state index contributed by atoms with van der Waals surface area (Å²) in [6.07, 6.45) is 6.13. The Hall–Kier alpha value is -0.570. The molecule has 0 aromatic heterocycles. The van der Waals surface area contributed by atoms with Gasteiger partial charge in [0.15, 0.2) is 0 Å². The largest absolute Gasteiger partial charge is 0.465 e. The molecule has 3 heteroatoms. The van der Waals surface area contributed by atoms with Crippen LogP contribution in [0.3, 0.4) is 0 Å². The van der Waals surface area contributed by atoms with E-state index in [0.29, 0.717) is 6.61 Å². The molecule has 3 nitrogen and oxygen atoms in total. The molecule has 16 heavy (non-hydrogen) atoms. The number of nitrogens with two attached hydrogens (primary N) is 1. The number of ether oxygens (including phenoxy) is 1. The van der Waals surface area contributed by atoms with E-state index in [9.17, 15) is 4.79 Å². The summed E-state index contributed by atoms with van der Waals surface area (Å²) >= 11 is 0. The van der Waals surface area contributed by atoms with Crippen molar-refractivity contribution in [3.63, 3.8) is 0 Å². The van der Waals surface area contributed by atoms with Gasteiger partial charge in [0.25, 0.3) is 0 Å². The number of carbonyl (C=O) groups is 1. The second-order valence-corrected chi connectivity index (χ2v) is 4.68. The van der Waals surface area contributed by atoms with E-state index in [1.165, 1.54) is 0 Å². The van der Waals surface area contributed by atoms with Crippen molar-refractivity contribution in [3.05, 3.63) is 0 Å². The summed E-state index contributed by atoms with van der Waals surface area (Å²) in [5.41, 5.74) is 5.65. The molecule has 2 unspecified atom stereocenters. The third-order valence-corrected chi connectivity index (χ3v) is 2.69. The molecule has 0 aromatic carbocycles. The summed E-state index contributed by atoms with van der Waals surface area (Å²) in [7, 11) is 0. The van der Waals surface area contributed by atoms with Gasteiger partial charge in [-0.05, 0) is 26.2 Å². The molecule has 2 N–H and O–H groups in total. The van der Waals surface area contributed by atoms with Gasteiger partial charge in [-0.3, -0.25) is 4.79 Å². The third kappa shape index (κ3) is 8.72. The fourth-order valence-corrected chi connectivity index (χ4v) is 1.53. The molecule has 0 heterocycles. The van der Waals surface area contributed by atoms with Crippen LogP contribution in [0.1, 0.15) is 59.3 Å². The molecule has 2 atom stereocenters. The van der Waals surface area contributed by atoms with Gasteiger partial charge in [0, 0.05) is 6.04 Å². The SMILES string of the molecule is CCCCCOC(=O)C(C)CCCC(C)N. The Bertz CT molecular complexity index is 181. The van der Waals surface area contributed by atoms with Crippen molar-refractivity contribution in [2.45, 2.75) is 65.3 Å². The van der Waals surface area contributed by atoms with Gasteiger partial charge in [-0.2, -0.15) is 0 Å². The highest BCUT2D eigenvalue weighted by Gasteiger charge is 2.13. The summed E-state index contributed by atoms with van der Waals surface area (Å²) in [5, 5.41) is 0. The van der Waals surface area contributed by atoms with Crippen molar-refractivity contribution in [2.24, 2.45) is 11.7 Å². The summed E-state index contributed by atoms with van der Waals surface area (Å²) in [5.74, 6) is -0.0406. The Morgan fingerprint density at radius 3 is 2.44 bits per heavy atom. The van der Waals surface area contributed by atoms with Crippen LogP contribution in [0.4, 0.5) is 0 Å². The van der Waals surface area contributed by atoms with Gasteiger partial charge < -0.3 is 10.5 Å². The smallest absolute Gasteiger partial charge is 0.308 e. The zero-order valence-corrected chi connectivity index (χ0v) is 11.0. The van der Waals surface area contributed by atoms with E-state index in [1.54, 1.807) is 0 Å². The lowest BCUT2D eigenvalue weighted by molar-refractivity contribution is -0.148. The Labute approximate surface area is 99.7 Å². The number of rotatable bonds is 9. The number of unbranched alkanes of at least 4 members (excludes halogenated alkanes) is 2. The topological polar surface area (TPSA) is 52.3 Å². The van der Waals surface area contributed by atoms with E-state index in [1.807, 2.05) is 13.8 Å². The maximum Gasteiger partial charge on any atom is 0.308 e. The van der Waals surface area contributed by atoms with E-state index >= 15 is 0 Å². The summed E-state index contributed by atoms with van der Waals surface area (Å²) in [6, 6.07) is 0.229. The van der Waals surface area contributed by atoms with Gasteiger partial charge in [-0.1, -0.05) is 33.1 Å². The first kappa shape index (κ1) is 15.4. The quantitative estimate of drug-likeness (QED) is 0.488. The molecule has 0 aliphatic heterocycles. The monoisotopic (exact) mass is 229 g/mol. The van der Waals surface area contributed by atoms with Crippen molar-refractivity contribution in [3.8, 4) is 0 Å². The highest BCUT2D eigenvalue weighted by Crippen LogP contribution is 2.11.